The maximum Gasteiger partial charge on any atom is 0.417 e. The van der Waals surface area contributed by atoms with Gasteiger partial charge in [-0.05, 0) is 48.4 Å². The van der Waals surface area contributed by atoms with Crippen LogP contribution in [0.5, 0.6) is 0 Å². The molecule has 198 valence electrons. The van der Waals surface area contributed by atoms with Crippen LogP contribution in [0.15, 0.2) is 73.3 Å². The van der Waals surface area contributed by atoms with Crippen molar-refractivity contribution in [3.05, 3.63) is 95.8 Å². The van der Waals surface area contributed by atoms with Gasteiger partial charge >= 0.3 is 6.18 Å². The Kier molecular flexibility index (Phi) is 6.60. The van der Waals surface area contributed by atoms with Gasteiger partial charge in [0, 0.05) is 29.7 Å². The smallest absolute Gasteiger partial charge is 0.383 e. The Bertz CT molecular complexity index is 1650. The quantitative estimate of drug-likeness (QED) is 0.193. The van der Waals surface area contributed by atoms with E-state index in [1.165, 1.54) is 18.5 Å². The highest BCUT2D eigenvalue weighted by Crippen LogP contribution is 2.33. The zero-order chi connectivity index (χ0) is 27.7. The summed E-state index contributed by atoms with van der Waals surface area (Å²) in [6.07, 6.45) is -0.882. The molecule has 1 amide bonds. The summed E-state index contributed by atoms with van der Waals surface area (Å²) in [6.45, 7) is 1.79. The van der Waals surface area contributed by atoms with Gasteiger partial charge in [-0.2, -0.15) is 13.2 Å². The first-order valence-electron chi connectivity index (χ1n) is 11.7. The molecule has 5 rings (SSSR count). The first-order chi connectivity index (χ1) is 18.6. The number of amides is 1. The summed E-state index contributed by atoms with van der Waals surface area (Å²) in [5.74, 6) is -1.04. The Morgan fingerprint density at radius 3 is 2.44 bits per heavy atom. The lowest BCUT2D eigenvalue weighted by molar-refractivity contribution is -0.137. The van der Waals surface area contributed by atoms with Gasteiger partial charge in [-0.3, -0.25) is 4.79 Å². The van der Waals surface area contributed by atoms with E-state index in [0.29, 0.717) is 23.0 Å². The van der Waals surface area contributed by atoms with Gasteiger partial charge < -0.3 is 21.4 Å². The Morgan fingerprint density at radius 2 is 1.74 bits per heavy atom. The zero-order valence-corrected chi connectivity index (χ0v) is 20.3. The minimum atomic E-state index is -4.70. The molecule has 0 saturated carbocycles. The van der Waals surface area contributed by atoms with E-state index >= 15 is 0 Å². The highest BCUT2D eigenvalue weighted by Gasteiger charge is 2.33. The molecule has 5 aromatic rings. The minimum Gasteiger partial charge on any atom is -0.383 e. The number of hydrogen-bond acceptors (Lipinski definition) is 6. The van der Waals surface area contributed by atoms with Crippen LogP contribution in [0.4, 0.5) is 34.9 Å². The van der Waals surface area contributed by atoms with E-state index in [2.05, 4.69) is 30.6 Å². The third kappa shape index (κ3) is 5.35. The Morgan fingerprint density at radius 1 is 1.03 bits per heavy atom. The van der Waals surface area contributed by atoms with Crippen molar-refractivity contribution in [2.75, 3.05) is 16.4 Å². The predicted molar refractivity (Wildman–Crippen MR) is 139 cm³/mol. The SMILES string of the molecule is CC(Nc1ncc(C(F)(F)F)cc1C(=O)Nc1ccc(F)cc1)c1ccc(-c2c[nH]c3ncnc(N)c23)cc1. The van der Waals surface area contributed by atoms with Crippen LogP contribution in [0.3, 0.4) is 0 Å². The number of anilines is 3. The molecule has 0 aliphatic rings. The number of nitrogens with two attached hydrogens (primary N) is 1. The lowest BCUT2D eigenvalue weighted by atomic mass is 10.0. The molecule has 1 unspecified atom stereocenters. The van der Waals surface area contributed by atoms with Crippen LogP contribution in [0.1, 0.15) is 34.5 Å². The van der Waals surface area contributed by atoms with Crippen LogP contribution < -0.4 is 16.4 Å². The molecule has 0 spiro atoms. The molecule has 0 bridgehead atoms. The monoisotopic (exact) mass is 535 g/mol. The van der Waals surface area contributed by atoms with E-state index < -0.39 is 29.5 Å². The average molecular weight is 536 g/mol. The highest BCUT2D eigenvalue weighted by atomic mass is 19.4. The number of H-pyrrole nitrogens is 1. The van der Waals surface area contributed by atoms with Gasteiger partial charge in [-0.25, -0.2) is 19.3 Å². The van der Waals surface area contributed by atoms with Crippen molar-refractivity contribution in [3.63, 3.8) is 0 Å². The van der Waals surface area contributed by atoms with Crippen LogP contribution in [-0.4, -0.2) is 25.8 Å². The van der Waals surface area contributed by atoms with Crippen molar-refractivity contribution in [1.29, 1.82) is 0 Å². The normalized spacial score (nSPS) is 12.3. The molecule has 5 N–H and O–H groups in total. The number of carbonyl (C=O) groups excluding carboxylic acids is 1. The van der Waals surface area contributed by atoms with Crippen LogP contribution in [0.2, 0.25) is 0 Å². The number of alkyl halides is 3. The molecular formula is C27H21F4N7O. The van der Waals surface area contributed by atoms with Crippen molar-refractivity contribution in [2.45, 2.75) is 19.1 Å². The van der Waals surface area contributed by atoms with Gasteiger partial charge in [-0.15, -0.1) is 0 Å². The molecule has 0 saturated heterocycles. The number of halogens is 4. The number of hydrogen-bond donors (Lipinski definition) is 4. The van der Waals surface area contributed by atoms with Crippen LogP contribution in [-0.2, 0) is 6.18 Å². The van der Waals surface area contributed by atoms with E-state index in [1.807, 2.05) is 24.3 Å². The van der Waals surface area contributed by atoms with E-state index in [9.17, 15) is 22.4 Å². The number of nitrogens with zero attached hydrogens (tertiary/aromatic N) is 3. The van der Waals surface area contributed by atoms with Gasteiger partial charge in [0.2, 0.25) is 0 Å². The van der Waals surface area contributed by atoms with Crippen LogP contribution in [0, 0.1) is 5.82 Å². The van der Waals surface area contributed by atoms with Crippen molar-refractivity contribution in [1.82, 2.24) is 19.9 Å². The molecule has 0 aliphatic carbocycles. The molecule has 12 heteroatoms. The summed E-state index contributed by atoms with van der Waals surface area (Å²) in [7, 11) is 0. The summed E-state index contributed by atoms with van der Waals surface area (Å²) < 4.78 is 53.4. The molecule has 2 aromatic carbocycles. The number of carbonyl (C=O) groups is 1. The van der Waals surface area contributed by atoms with Gasteiger partial charge in [0.05, 0.1) is 16.5 Å². The molecule has 3 aromatic heterocycles. The summed E-state index contributed by atoms with van der Waals surface area (Å²) in [4.78, 5) is 28.1. The first kappa shape index (κ1) is 25.6. The molecule has 0 radical (unpaired) electrons. The van der Waals surface area contributed by atoms with Crippen molar-refractivity contribution < 1.29 is 22.4 Å². The standard InChI is InChI=1S/C27H21F4N7O/c1-14(15-2-4-16(5-3-15)21-12-34-25-22(21)23(32)35-13-36-25)37-24-20(10-17(11-33-24)27(29,30)31)26(39)38-19-8-6-18(28)7-9-19/h2-14H,1H3,(H,33,37)(H,38,39)(H3,32,34,35,36). The summed E-state index contributed by atoms with van der Waals surface area (Å²) in [5.41, 5.74) is 7.93. The number of pyridine rings is 1. The fourth-order valence-electron chi connectivity index (χ4n) is 4.09. The van der Waals surface area contributed by atoms with E-state index in [1.54, 1.807) is 13.1 Å². The second-order valence-corrected chi connectivity index (χ2v) is 8.75. The van der Waals surface area contributed by atoms with E-state index in [-0.39, 0.29) is 17.1 Å². The molecular weight excluding hydrogens is 514 g/mol. The second kappa shape index (κ2) is 10.0. The van der Waals surface area contributed by atoms with Gasteiger partial charge in [-0.1, -0.05) is 24.3 Å². The maximum absolute atomic E-state index is 13.4. The average Bonchev–Trinajstić information content (AvgIpc) is 3.35. The van der Waals surface area contributed by atoms with E-state index in [4.69, 9.17) is 5.73 Å². The van der Waals surface area contributed by atoms with Gasteiger partial charge in [0.1, 0.15) is 29.4 Å². The topological polar surface area (TPSA) is 122 Å². The van der Waals surface area contributed by atoms with Crippen LogP contribution >= 0.6 is 0 Å². The van der Waals surface area contributed by atoms with Crippen molar-refractivity contribution in [2.24, 2.45) is 0 Å². The van der Waals surface area contributed by atoms with Crippen molar-refractivity contribution >= 4 is 34.3 Å². The number of nitrogens with one attached hydrogen (secondary N) is 3. The lowest BCUT2D eigenvalue weighted by Crippen LogP contribution is -2.19. The lowest BCUT2D eigenvalue weighted by Gasteiger charge is -2.19. The third-order valence-electron chi connectivity index (χ3n) is 6.14. The second-order valence-electron chi connectivity index (χ2n) is 8.75. The number of fused-ring (bicyclic) bond motifs is 1. The number of aromatic amines is 1. The fraction of sp³-hybridized carbons (Fsp3) is 0.111. The highest BCUT2D eigenvalue weighted by molar-refractivity contribution is 6.07. The summed E-state index contributed by atoms with van der Waals surface area (Å²) in [6, 6.07) is 12.6. The maximum atomic E-state index is 13.4. The Hall–Kier alpha value is -5.00. The minimum absolute atomic E-state index is 0.0410. The Balaban J connectivity index is 1.41. The number of benzene rings is 2. The summed E-state index contributed by atoms with van der Waals surface area (Å²) in [5, 5.41) is 6.21. The molecule has 8 nitrogen and oxygen atoms in total. The Labute approximate surface area is 219 Å². The molecule has 3 heterocycles. The molecule has 1 atom stereocenters. The summed E-state index contributed by atoms with van der Waals surface area (Å²) >= 11 is 0. The van der Waals surface area contributed by atoms with Gasteiger partial charge in [0.15, 0.2) is 0 Å². The number of aromatic nitrogens is 4. The van der Waals surface area contributed by atoms with Crippen LogP contribution in [0.25, 0.3) is 22.2 Å². The largest absolute Gasteiger partial charge is 0.417 e. The van der Waals surface area contributed by atoms with E-state index in [0.717, 1.165) is 34.9 Å². The third-order valence-corrected chi connectivity index (χ3v) is 6.14. The fourth-order valence-corrected chi connectivity index (χ4v) is 4.09. The van der Waals surface area contributed by atoms with Crippen molar-refractivity contribution in [3.8, 4) is 11.1 Å². The number of rotatable bonds is 6. The van der Waals surface area contributed by atoms with Gasteiger partial charge in [0.25, 0.3) is 5.91 Å². The number of nitrogen functional groups attached to an aromatic ring is 1. The molecule has 39 heavy (non-hydrogen) atoms. The zero-order valence-electron chi connectivity index (χ0n) is 20.3. The molecule has 0 aliphatic heterocycles. The molecule has 0 fully saturated rings. The first-order valence-corrected chi connectivity index (χ1v) is 11.7. The predicted octanol–water partition coefficient (Wildman–Crippen LogP) is 6.19.